The molecule has 0 heterocycles. The Morgan fingerprint density at radius 1 is 0.800 bits per heavy atom. The molecular weight excluding hydrogens is 302 g/mol. The summed E-state index contributed by atoms with van der Waals surface area (Å²) in [6, 6.07) is 22.5. The van der Waals surface area contributed by atoms with Crippen LogP contribution in [0.3, 0.4) is 0 Å². The van der Waals surface area contributed by atoms with Crippen LogP contribution in [0.5, 0.6) is 0 Å². The van der Waals surface area contributed by atoms with Crippen LogP contribution in [0.2, 0.25) is 0 Å². The number of hydrogen-bond acceptors (Lipinski definition) is 1. The maximum absolute atomic E-state index is 3.34. The highest BCUT2D eigenvalue weighted by molar-refractivity contribution is 5.86. The van der Waals surface area contributed by atoms with E-state index in [1.807, 2.05) is 7.05 Å². The van der Waals surface area contributed by atoms with Crippen molar-refractivity contribution in [2.24, 2.45) is 0 Å². The Balaban J connectivity index is 1.81. The summed E-state index contributed by atoms with van der Waals surface area (Å²) in [5.74, 6) is 0. The van der Waals surface area contributed by atoms with E-state index < -0.39 is 0 Å². The van der Waals surface area contributed by atoms with Gasteiger partial charge in [-0.2, -0.15) is 0 Å². The Kier molecular flexibility index (Phi) is 6.25. The third-order valence-corrected chi connectivity index (χ3v) is 4.98. The number of benzene rings is 3. The van der Waals surface area contributed by atoms with Gasteiger partial charge in [-0.15, -0.1) is 0 Å². The van der Waals surface area contributed by atoms with Crippen LogP contribution in [0.15, 0.2) is 60.7 Å². The second-order valence-corrected chi connectivity index (χ2v) is 6.91. The number of unbranched alkanes of at least 4 members (excludes halogenated alkanes) is 2. The lowest BCUT2D eigenvalue weighted by Crippen LogP contribution is -2.09. The van der Waals surface area contributed by atoms with Gasteiger partial charge in [0.05, 0.1) is 0 Å². The van der Waals surface area contributed by atoms with E-state index >= 15 is 0 Å². The summed E-state index contributed by atoms with van der Waals surface area (Å²) in [7, 11) is 2.02. The molecule has 3 aromatic rings. The zero-order valence-electron chi connectivity index (χ0n) is 15.5. The normalized spacial score (nSPS) is 11.1. The molecule has 1 heteroatoms. The van der Waals surface area contributed by atoms with Gasteiger partial charge < -0.3 is 5.32 Å². The number of nitrogens with one attached hydrogen (secondary N) is 1. The standard InChI is InChI=1S/C24H29N/c1-3-4-5-8-19-11-13-20(14-12-19)17-22-16-15-21-9-6-7-10-23(21)24(22)18-25-2/h6-7,9-16,25H,3-5,8,17-18H2,1-2H3. The van der Waals surface area contributed by atoms with E-state index in [0.29, 0.717) is 0 Å². The van der Waals surface area contributed by atoms with E-state index in [9.17, 15) is 0 Å². The van der Waals surface area contributed by atoms with Crippen LogP contribution < -0.4 is 5.32 Å². The molecule has 1 nitrogen and oxygen atoms in total. The third kappa shape index (κ3) is 4.49. The molecule has 0 unspecified atom stereocenters. The smallest absolute Gasteiger partial charge is 0.0211 e. The fraction of sp³-hybridized carbons (Fsp3) is 0.333. The van der Waals surface area contributed by atoms with Crippen molar-refractivity contribution >= 4 is 10.8 Å². The van der Waals surface area contributed by atoms with Crippen molar-refractivity contribution in [2.75, 3.05) is 7.05 Å². The lowest BCUT2D eigenvalue weighted by atomic mass is 9.94. The predicted octanol–water partition coefficient (Wildman–Crippen LogP) is 5.88. The van der Waals surface area contributed by atoms with E-state index in [-0.39, 0.29) is 0 Å². The Morgan fingerprint density at radius 2 is 1.56 bits per heavy atom. The maximum atomic E-state index is 3.34. The molecule has 3 aromatic carbocycles. The largest absolute Gasteiger partial charge is 0.316 e. The van der Waals surface area contributed by atoms with Crippen LogP contribution >= 0.6 is 0 Å². The van der Waals surface area contributed by atoms with Gasteiger partial charge in [0.2, 0.25) is 0 Å². The van der Waals surface area contributed by atoms with Crippen molar-refractivity contribution < 1.29 is 0 Å². The first kappa shape index (κ1) is 17.7. The second kappa shape index (κ2) is 8.82. The van der Waals surface area contributed by atoms with Gasteiger partial charge in [0.1, 0.15) is 0 Å². The van der Waals surface area contributed by atoms with Crippen LogP contribution in [-0.4, -0.2) is 7.05 Å². The van der Waals surface area contributed by atoms with Crippen molar-refractivity contribution in [3.63, 3.8) is 0 Å². The first-order valence-corrected chi connectivity index (χ1v) is 9.53. The molecule has 0 bridgehead atoms. The Hall–Kier alpha value is -2.12. The summed E-state index contributed by atoms with van der Waals surface area (Å²) in [5, 5.41) is 6.03. The van der Waals surface area contributed by atoms with E-state index in [1.165, 1.54) is 58.7 Å². The molecule has 1 N–H and O–H groups in total. The minimum Gasteiger partial charge on any atom is -0.316 e. The molecule has 0 atom stereocenters. The number of hydrogen-bond donors (Lipinski definition) is 1. The molecule has 0 aliphatic rings. The topological polar surface area (TPSA) is 12.0 Å². The van der Waals surface area contributed by atoms with Crippen molar-refractivity contribution in [1.29, 1.82) is 0 Å². The Labute approximate surface area is 152 Å². The summed E-state index contributed by atoms with van der Waals surface area (Å²) < 4.78 is 0. The van der Waals surface area contributed by atoms with E-state index in [2.05, 4.69) is 72.9 Å². The molecule has 0 amide bonds. The second-order valence-electron chi connectivity index (χ2n) is 6.91. The van der Waals surface area contributed by atoms with Gasteiger partial charge in [0.25, 0.3) is 0 Å². The molecule has 0 saturated carbocycles. The summed E-state index contributed by atoms with van der Waals surface area (Å²) in [4.78, 5) is 0. The maximum Gasteiger partial charge on any atom is 0.0211 e. The lowest BCUT2D eigenvalue weighted by molar-refractivity contribution is 0.717. The molecule has 0 radical (unpaired) electrons. The van der Waals surface area contributed by atoms with Crippen molar-refractivity contribution in [3.05, 3.63) is 82.9 Å². The average molecular weight is 332 g/mol. The predicted molar refractivity (Wildman–Crippen MR) is 109 cm³/mol. The molecule has 0 spiro atoms. The summed E-state index contributed by atoms with van der Waals surface area (Å²) >= 11 is 0. The highest BCUT2D eigenvalue weighted by atomic mass is 14.8. The summed E-state index contributed by atoms with van der Waals surface area (Å²) in [5.41, 5.74) is 5.71. The molecular formula is C24H29N. The molecule has 25 heavy (non-hydrogen) atoms. The lowest BCUT2D eigenvalue weighted by Gasteiger charge is -2.13. The Bertz CT molecular complexity index is 802. The first-order valence-electron chi connectivity index (χ1n) is 9.53. The monoisotopic (exact) mass is 331 g/mol. The van der Waals surface area contributed by atoms with E-state index in [1.54, 1.807) is 0 Å². The van der Waals surface area contributed by atoms with E-state index in [0.717, 1.165) is 13.0 Å². The molecule has 0 fully saturated rings. The SMILES string of the molecule is CCCCCc1ccc(Cc2ccc3ccccc3c2CNC)cc1. The summed E-state index contributed by atoms with van der Waals surface area (Å²) in [6.45, 7) is 3.17. The fourth-order valence-corrected chi connectivity index (χ4v) is 3.56. The molecule has 0 aromatic heterocycles. The molecule has 0 aliphatic heterocycles. The number of aryl methyl sites for hydroxylation is 1. The van der Waals surface area contributed by atoms with Crippen LogP contribution in [-0.2, 0) is 19.4 Å². The first-order chi connectivity index (χ1) is 12.3. The highest BCUT2D eigenvalue weighted by Gasteiger charge is 2.08. The van der Waals surface area contributed by atoms with Crippen LogP contribution in [0.4, 0.5) is 0 Å². The van der Waals surface area contributed by atoms with Crippen LogP contribution in [0.1, 0.15) is 48.4 Å². The van der Waals surface area contributed by atoms with Crippen LogP contribution in [0.25, 0.3) is 10.8 Å². The fourth-order valence-electron chi connectivity index (χ4n) is 3.56. The molecule has 0 aliphatic carbocycles. The van der Waals surface area contributed by atoms with Crippen molar-refractivity contribution in [3.8, 4) is 0 Å². The number of fused-ring (bicyclic) bond motifs is 1. The van der Waals surface area contributed by atoms with Crippen LogP contribution in [0, 0.1) is 0 Å². The van der Waals surface area contributed by atoms with Gasteiger partial charge in [0, 0.05) is 6.54 Å². The molecule has 3 rings (SSSR count). The van der Waals surface area contributed by atoms with Gasteiger partial charge in [-0.3, -0.25) is 0 Å². The van der Waals surface area contributed by atoms with Gasteiger partial charge in [-0.05, 0) is 59.3 Å². The van der Waals surface area contributed by atoms with Crippen molar-refractivity contribution in [1.82, 2.24) is 5.32 Å². The quantitative estimate of drug-likeness (QED) is 0.508. The third-order valence-electron chi connectivity index (χ3n) is 4.98. The Morgan fingerprint density at radius 3 is 2.32 bits per heavy atom. The zero-order chi connectivity index (χ0) is 17.5. The average Bonchev–Trinajstić information content (AvgIpc) is 2.65. The van der Waals surface area contributed by atoms with Crippen molar-refractivity contribution in [2.45, 2.75) is 45.6 Å². The van der Waals surface area contributed by atoms with Gasteiger partial charge >= 0.3 is 0 Å². The zero-order valence-corrected chi connectivity index (χ0v) is 15.5. The molecule has 0 saturated heterocycles. The van der Waals surface area contributed by atoms with Gasteiger partial charge in [-0.1, -0.05) is 80.4 Å². The minimum atomic E-state index is 0.909. The number of rotatable bonds is 8. The van der Waals surface area contributed by atoms with Gasteiger partial charge in [-0.25, -0.2) is 0 Å². The summed E-state index contributed by atoms with van der Waals surface area (Å²) in [6.07, 6.45) is 6.11. The highest BCUT2D eigenvalue weighted by Crippen LogP contribution is 2.25. The van der Waals surface area contributed by atoms with Gasteiger partial charge in [0.15, 0.2) is 0 Å². The molecule has 130 valence electrons. The minimum absolute atomic E-state index is 0.909. The van der Waals surface area contributed by atoms with E-state index in [4.69, 9.17) is 0 Å².